The Balaban J connectivity index is 1.73. The maximum atomic E-state index is 12.5. The van der Waals surface area contributed by atoms with Gasteiger partial charge < -0.3 is 24.8 Å². The molecule has 1 aliphatic rings. The summed E-state index contributed by atoms with van der Waals surface area (Å²) in [6.07, 6.45) is 0. The van der Waals surface area contributed by atoms with Crippen LogP contribution in [-0.2, 0) is 4.74 Å². The predicted molar refractivity (Wildman–Crippen MR) is 118 cm³/mol. The van der Waals surface area contributed by atoms with E-state index in [1.54, 1.807) is 31.4 Å². The van der Waals surface area contributed by atoms with Gasteiger partial charge >= 0.3 is 6.03 Å². The van der Waals surface area contributed by atoms with Crippen molar-refractivity contribution >= 4 is 23.3 Å². The van der Waals surface area contributed by atoms with Gasteiger partial charge in [0.05, 0.1) is 33.0 Å². The maximum absolute atomic E-state index is 12.5. The third-order valence-electron chi connectivity index (χ3n) is 4.90. The SMILES string of the molecule is CCOc1ccc([C@H](CNC(=O)Nc2cccc(Cl)c2)N2CCOCC2)cc1OC. The third-order valence-corrected chi connectivity index (χ3v) is 5.13. The number of urea groups is 1. The van der Waals surface area contributed by atoms with Crippen molar-refractivity contribution < 1.29 is 19.0 Å². The fourth-order valence-electron chi connectivity index (χ4n) is 3.44. The number of ether oxygens (including phenoxy) is 3. The minimum atomic E-state index is -0.284. The van der Waals surface area contributed by atoms with E-state index in [2.05, 4.69) is 15.5 Å². The van der Waals surface area contributed by atoms with E-state index in [1.165, 1.54) is 0 Å². The molecule has 0 spiro atoms. The zero-order valence-electron chi connectivity index (χ0n) is 17.3. The van der Waals surface area contributed by atoms with E-state index < -0.39 is 0 Å². The van der Waals surface area contributed by atoms with Crippen molar-refractivity contribution in [3.8, 4) is 11.5 Å². The first-order chi connectivity index (χ1) is 14.6. The van der Waals surface area contributed by atoms with Gasteiger partial charge in [0.15, 0.2) is 11.5 Å². The summed E-state index contributed by atoms with van der Waals surface area (Å²) in [6, 6.07) is 12.7. The number of morpholine rings is 1. The zero-order valence-corrected chi connectivity index (χ0v) is 18.1. The van der Waals surface area contributed by atoms with E-state index in [0.29, 0.717) is 48.6 Å². The molecule has 162 valence electrons. The maximum Gasteiger partial charge on any atom is 0.319 e. The fourth-order valence-corrected chi connectivity index (χ4v) is 3.63. The predicted octanol–water partition coefficient (Wildman–Crippen LogP) is 3.94. The van der Waals surface area contributed by atoms with Gasteiger partial charge in [0.1, 0.15) is 0 Å². The van der Waals surface area contributed by atoms with E-state index in [9.17, 15) is 4.79 Å². The number of nitrogens with zero attached hydrogens (tertiary/aromatic N) is 1. The Labute approximate surface area is 182 Å². The second-order valence-corrected chi connectivity index (χ2v) is 7.29. The molecule has 0 saturated carbocycles. The van der Waals surface area contributed by atoms with Gasteiger partial charge in [0, 0.05) is 30.3 Å². The molecular formula is C22H28ClN3O4. The highest BCUT2D eigenvalue weighted by atomic mass is 35.5. The lowest BCUT2D eigenvalue weighted by Gasteiger charge is -2.35. The van der Waals surface area contributed by atoms with Crippen molar-refractivity contribution in [3.05, 3.63) is 53.1 Å². The number of benzene rings is 2. The standard InChI is InChI=1S/C22H28ClN3O4/c1-3-30-20-8-7-16(13-21(20)28-2)19(26-9-11-29-12-10-26)15-24-22(27)25-18-6-4-5-17(23)14-18/h4-8,13-14,19H,3,9-12,15H2,1-2H3,(H2,24,25,27)/t19-/m0/s1. The molecule has 0 unspecified atom stereocenters. The lowest BCUT2D eigenvalue weighted by molar-refractivity contribution is 0.0167. The smallest absolute Gasteiger partial charge is 0.319 e. The monoisotopic (exact) mass is 433 g/mol. The van der Waals surface area contributed by atoms with Gasteiger partial charge in [-0.05, 0) is 42.8 Å². The van der Waals surface area contributed by atoms with Gasteiger partial charge in [-0.15, -0.1) is 0 Å². The van der Waals surface area contributed by atoms with Gasteiger partial charge in [0.25, 0.3) is 0 Å². The summed E-state index contributed by atoms with van der Waals surface area (Å²) in [4.78, 5) is 14.8. The molecule has 0 bridgehead atoms. The average molecular weight is 434 g/mol. The number of hydrogen-bond donors (Lipinski definition) is 2. The van der Waals surface area contributed by atoms with Crippen LogP contribution in [0.4, 0.5) is 10.5 Å². The van der Waals surface area contributed by atoms with Gasteiger partial charge in [-0.1, -0.05) is 23.7 Å². The van der Waals surface area contributed by atoms with E-state index >= 15 is 0 Å². The van der Waals surface area contributed by atoms with Crippen molar-refractivity contribution in [3.63, 3.8) is 0 Å². The van der Waals surface area contributed by atoms with Crippen LogP contribution < -0.4 is 20.1 Å². The summed E-state index contributed by atoms with van der Waals surface area (Å²) in [7, 11) is 1.63. The first kappa shape index (κ1) is 22.2. The molecule has 2 aromatic rings. The van der Waals surface area contributed by atoms with Gasteiger partial charge in [-0.3, -0.25) is 4.90 Å². The molecular weight excluding hydrogens is 406 g/mol. The molecule has 2 aromatic carbocycles. The fraction of sp³-hybridized carbons (Fsp3) is 0.409. The molecule has 3 rings (SSSR count). The van der Waals surface area contributed by atoms with Crippen LogP contribution in [0.3, 0.4) is 0 Å². The minimum Gasteiger partial charge on any atom is -0.493 e. The Kier molecular flexibility index (Phi) is 8.19. The summed E-state index contributed by atoms with van der Waals surface area (Å²) in [6.45, 7) is 5.85. The minimum absolute atomic E-state index is 0.0245. The van der Waals surface area contributed by atoms with E-state index in [-0.39, 0.29) is 12.1 Å². The highest BCUT2D eigenvalue weighted by Crippen LogP contribution is 2.32. The van der Waals surface area contributed by atoms with E-state index in [0.717, 1.165) is 18.7 Å². The number of anilines is 1. The van der Waals surface area contributed by atoms with Crippen molar-refractivity contribution in [2.75, 3.05) is 51.9 Å². The second-order valence-electron chi connectivity index (χ2n) is 6.85. The van der Waals surface area contributed by atoms with Crippen LogP contribution in [0.25, 0.3) is 0 Å². The van der Waals surface area contributed by atoms with Crippen LogP contribution in [0.15, 0.2) is 42.5 Å². The van der Waals surface area contributed by atoms with Gasteiger partial charge in [-0.2, -0.15) is 0 Å². The normalized spacial score (nSPS) is 15.3. The van der Waals surface area contributed by atoms with Gasteiger partial charge in [-0.25, -0.2) is 4.79 Å². The summed E-state index contributed by atoms with van der Waals surface area (Å²) in [5, 5.41) is 6.36. The molecule has 0 radical (unpaired) electrons. The van der Waals surface area contributed by atoms with Crippen LogP contribution in [0.2, 0.25) is 5.02 Å². The topological polar surface area (TPSA) is 72.1 Å². The molecule has 8 heteroatoms. The zero-order chi connectivity index (χ0) is 21.3. The van der Waals surface area contributed by atoms with E-state index in [1.807, 2.05) is 25.1 Å². The highest BCUT2D eigenvalue weighted by molar-refractivity contribution is 6.30. The summed E-state index contributed by atoms with van der Waals surface area (Å²) >= 11 is 5.99. The molecule has 1 fully saturated rings. The third kappa shape index (κ3) is 6.01. The molecule has 2 N–H and O–H groups in total. The Bertz CT molecular complexity index is 843. The number of hydrogen-bond acceptors (Lipinski definition) is 5. The summed E-state index contributed by atoms with van der Waals surface area (Å²) < 4.78 is 16.6. The Morgan fingerprint density at radius 1 is 1.20 bits per heavy atom. The summed E-state index contributed by atoms with van der Waals surface area (Å²) in [5.41, 5.74) is 1.69. The molecule has 0 aromatic heterocycles. The van der Waals surface area contributed by atoms with Crippen LogP contribution in [0.1, 0.15) is 18.5 Å². The van der Waals surface area contributed by atoms with Crippen molar-refractivity contribution in [2.24, 2.45) is 0 Å². The first-order valence-electron chi connectivity index (χ1n) is 10.0. The molecule has 0 aliphatic carbocycles. The number of carbonyl (C=O) groups is 1. The van der Waals surface area contributed by atoms with Crippen LogP contribution >= 0.6 is 11.6 Å². The lowest BCUT2D eigenvalue weighted by Crippen LogP contribution is -2.44. The molecule has 1 atom stereocenters. The molecule has 30 heavy (non-hydrogen) atoms. The van der Waals surface area contributed by atoms with Gasteiger partial charge in [0.2, 0.25) is 0 Å². The lowest BCUT2D eigenvalue weighted by atomic mass is 10.0. The number of methoxy groups -OCH3 is 1. The molecule has 1 aliphatic heterocycles. The van der Waals surface area contributed by atoms with Crippen molar-refractivity contribution in [1.29, 1.82) is 0 Å². The largest absolute Gasteiger partial charge is 0.493 e. The summed E-state index contributed by atoms with van der Waals surface area (Å²) in [5.74, 6) is 1.38. The Morgan fingerprint density at radius 2 is 2.00 bits per heavy atom. The number of nitrogens with one attached hydrogen (secondary N) is 2. The molecule has 1 heterocycles. The quantitative estimate of drug-likeness (QED) is 0.659. The van der Waals surface area contributed by atoms with Crippen molar-refractivity contribution in [1.82, 2.24) is 10.2 Å². The number of carbonyl (C=O) groups excluding carboxylic acids is 1. The van der Waals surface area contributed by atoms with E-state index in [4.69, 9.17) is 25.8 Å². The first-order valence-corrected chi connectivity index (χ1v) is 10.4. The number of halogens is 1. The Hall–Kier alpha value is -2.48. The highest BCUT2D eigenvalue weighted by Gasteiger charge is 2.24. The van der Waals surface area contributed by atoms with Crippen molar-refractivity contribution in [2.45, 2.75) is 13.0 Å². The molecule has 1 saturated heterocycles. The number of amides is 2. The molecule has 2 amide bonds. The number of rotatable bonds is 8. The second kappa shape index (κ2) is 11.1. The molecule has 7 nitrogen and oxygen atoms in total. The van der Waals surface area contributed by atoms with Crippen LogP contribution in [0.5, 0.6) is 11.5 Å². The Morgan fingerprint density at radius 3 is 2.70 bits per heavy atom. The average Bonchev–Trinajstić information content (AvgIpc) is 2.75. The van der Waals surface area contributed by atoms with Crippen LogP contribution in [0, 0.1) is 0 Å². The van der Waals surface area contributed by atoms with Crippen LogP contribution in [-0.4, -0.2) is 57.5 Å².